The van der Waals surface area contributed by atoms with Gasteiger partial charge in [-0.05, 0) is 48.8 Å². The number of hydrogen-bond donors (Lipinski definition) is 0. The van der Waals surface area contributed by atoms with E-state index < -0.39 is 18.5 Å². The zero-order chi connectivity index (χ0) is 26.1. The lowest BCUT2D eigenvalue weighted by Gasteiger charge is -2.28. The first-order valence-corrected chi connectivity index (χ1v) is 13.2. The van der Waals surface area contributed by atoms with Crippen LogP contribution < -0.4 is 14.2 Å². The molecule has 189 valence electrons. The Bertz CT molecular complexity index is 1120. The van der Waals surface area contributed by atoms with Gasteiger partial charge < -0.3 is 14.2 Å². The molecular formula is C28H36O6P. The molecule has 0 aromatic heterocycles. The molecule has 35 heavy (non-hydrogen) atoms. The third-order valence-electron chi connectivity index (χ3n) is 6.98. The van der Waals surface area contributed by atoms with Crippen LogP contribution in [-0.4, -0.2) is 37.8 Å². The monoisotopic (exact) mass is 499 g/mol. The predicted octanol–water partition coefficient (Wildman–Crippen LogP) is 6.79. The summed E-state index contributed by atoms with van der Waals surface area (Å²) in [5, 5.41) is -1.30. The number of carbonyl (C=O) groups excluding carboxylic acids is 2. The Morgan fingerprint density at radius 3 is 1.71 bits per heavy atom. The van der Waals surface area contributed by atoms with Crippen molar-refractivity contribution >= 4 is 19.1 Å². The van der Waals surface area contributed by atoms with E-state index in [-0.39, 0.29) is 28.3 Å². The SMILES string of the molecule is COc1cc(OC)c(C(=O)C2([P](=O)C(=O)c3c(C)cc(C(C)(C)C)cc3C)CCCC2)c(OC)c1. The Hall–Kier alpha value is -2.72. The van der Waals surface area contributed by atoms with Crippen LogP contribution in [0.3, 0.4) is 0 Å². The Balaban J connectivity index is 2.12. The maximum Gasteiger partial charge on any atom is 0.243 e. The first-order valence-electron chi connectivity index (χ1n) is 11.9. The summed E-state index contributed by atoms with van der Waals surface area (Å²) >= 11 is 0. The summed E-state index contributed by atoms with van der Waals surface area (Å²) in [4.78, 5) is 27.9. The van der Waals surface area contributed by atoms with Gasteiger partial charge in [0.05, 0.1) is 21.3 Å². The van der Waals surface area contributed by atoms with Crippen LogP contribution in [0.25, 0.3) is 0 Å². The predicted molar refractivity (Wildman–Crippen MR) is 138 cm³/mol. The van der Waals surface area contributed by atoms with E-state index in [1.807, 2.05) is 26.0 Å². The molecule has 7 heteroatoms. The van der Waals surface area contributed by atoms with E-state index >= 15 is 0 Å². The van der Waals surface area contributed by atoms with Crippen LogP contribution >= 0.6 is 7.80 Å². The van der Waals surface area contributed by atoms with E-state index in [2.05, 4.69) is 20.8 Å². The van der Waals surface area contributed by atoms with Gasteiger partial charge in [0.2, 0.25) is 5.52 Å². The van der Waals surface area contributed by atoms with Gasteiger partial charge >= 0.3 is 0 Å². The smallest absolute Gasteiger partial charge is 0.243 e. The largest absolute Gasteiger partial charge is 0.496 e. The average Bonchev–Trinajstić information content (AvgIpc) is 3.32. The minimum Gasteiger partial charge on any atom is -0.496 e. The summed E-state index contributed by atoms with van der Waals surface area (Å²) in [6.07, 6.45) is 2.20. The van der Waals surface area contributed by atoms with Crippen LogP contribution in [0.4, 0.5) is 0 Å². The molecule has 1 aliphatic carbocycles. The van der Waals surface area contributed by atoms with Crippen LogP contribution in [0.15, 0.2) is 24.3 Å². The van der Waals surface area contributed by atoms with Gasteiger partial charge in [0.25, 0.3) is 0 Å². The standard InChI is InChI=1S/C28H36O6P/c1-17-13-19(27(3,4)5)14-18(2)23(17)26(30)35(31)28(11-9-10-12-28)25(29)24-21(33-7)15-20(32-6)16-22(24)34-8/h13-16H,9-12H2,1-8H3. The zero-order valence-electron chi connectivity index (χ0n) is 22.0. The minimum atomic E-state index is -2.56. The molecule has 0 aliphatic heterocycles. The number of ether oxygens (including phenoxy) is 3. The van der Waals surface area contributed by atoms with Crippen LogP contribution in [0, 0.1) is 13.8 Å². The maximum atomic E-state index is 14.1. The Morgan fingerprint density at radius 2 is 1.31 bits per heavy atom. The summed E-state index contributed by atoms with van der Waals surface area (Å²) in [5.74, 6) is 0.647. The molecule has 1 radical (unpaired) electrons. The second-order valence-electron chi connectivity index (χ2n) is 10.3. The number of aryl methyl sites for hydroxylation is 2. The molecule has 2 aromatic carbocycles. The second-order valence-corrected chi connectivity index (χ2v) is 12.2. The Kier molecular flexibility index (Phi) is 7.76. The molecule has 0 spiro atoms. The highest BCUT2D eigenvalue weighted by Gasteiger charge is 2.52. The number of carbonyl (C=O) groups is 2. The lowest BCUT2D eigenvalue weighted by atomic mass is 9.84. The molecule has 1 aliphatic rings. The molecule has 1 saturated carbocycles. The number of hydrogen-bond acceptors (Lipinski definition) is 6. The molecular weight excluding hydrogens is 463 g/mol. The summed E-state index contributed by atoms with van der Waals surface area (Å²) in [6, 6.07) is 7.18. The fourth-order valence-corrected chi connectivity index (χ4v) is 6.94. The molecule has 6 nitrogen and oxygen atoms in total. The highest BCUT2D eigenvalue weighted by molar-refractivity contribution is 7.67. The Labute approximate surface area is 209 Å². The number of methoxy groups -OCH3 is 3. The lowest BCUT2D eigenvalue weighted by molar-refractivity contribution is 0.0925. The molecule has 0 heterocycles. The van der Waals surface area contributed by atoms with Gasteiger partial charge in [-0.2, -0.15) is 0 Å². The zero-order valence-corrected chi connectivity index (χ0v) is 22.9. The van der Waals surface area contributed by atoms with Crippen LogP contribution in [0.1, 0.15) is 83.9 Å². The van der Waals surface area contributed by atoms with E-state index in [4.69, 9.17) is 14.2 Å². The normalized spacial score (nSPS) is 15.5. The second kappa shape index (κ2) is 10.1. The first-order chi connectivity index (χ1) is 16.4. The van der Waals surface area contributed by atoms with E-state index in [9.17, 15) is 14.2 Å². The van der Waals surface area contributed by atoms with Crippen LogP contribution in [0.5, 0.6) is 17.2 Å². The molecule has 2 aromatic rings. The average molecular weight is 500 g/mol. The van der Waals surface area contributed by atoms with Gasteiger partial charge in [0.1, 0.15) is 28.0 Å². The fraction of sp³-hybridized carbons (Fsp3) is 0.500. The molecule has 0 saturated heterocycles. The number of rotatable bonds is 8. The summed E-state index contributed by atoms with van der Waals surface area (Å²) in [7, 11) is 1.87. The van der Waals surface area contributed by atoms with Crippen molar-refractivity contribution < 1.29 is 28.4 Å². The van der Waals surface area contributed by atoms with Crippen molar-refractivity contribution in [2.75, 3.05) is 21.3 Å². The minimum absolute atomic E-state index is 0.0799. The van der Waals surface area contributed by atoms with Crippen molar-refractivity contribution in [2.24, 2.45) is 0 Å². The maximum absolute atomic E-state index is 14.1. The lowest BCUT2D eigenvalue weighted by Crippen LogP contribution is -2.34. The molecule has 0 N–H and O–H groups in total. The van der Waals surface area contributed by atoms with Crippen molar-refractivity contribution in [3.05, 3.63) is 52.1 Å². The van der Waals surface area contributed by atoms with Gasteiger partial charge in [-0.3, -0.25) is 14.2 Å². The van der Waals surface area contributed by atoms with Gasteiger partial charge in [0, 0.05) is 17.7 Å². The van der Waals surface area contributed by atoms with E-state index in [1.54, 1.807) is 12.1 Å². The summed E-state index contributed by atoms with van der Waals surface area (Å²) < 4.78 is 30.4. The van der Waals surface area contributed by atoms with E-state index in [0.717, 1.165) is 29.5 Å². The number of benzene rings is 2. The Morgan fingerprint density at radius 1 is 0.829 bits per heavy atom. The van der Waals surface area contributed by atoms with E-state index in [1.165, 1.54) is 21.3 Å². The van der Waals surface area contributed by atoms with Gasteiger partial charge in [-0.15, -0.1) is 0 Å². The van der Waals surface area contributed by atoms with Crippen LogP contribution in [-0.2, 0) is 9.98 Å². The highest BCUT2D eigenvalue weighted by Crippen LogP contribution is 2.56. The fourth-order valence-electron chi connectivity index (χ4n) is 4.97. The third-order valence-corrected chi connectivity index (χ3v) is 9.00. The summed E-state index contributed by atoms with van der Waals surface area (Å²) in [5.41, 5.74) is 2.78. The van der Waals surface area contributed by atoms with Crippen molar-refractivity contribution in [1.29, 1.82) is 0 Å². The highest BCUT2D eigenvalue weighted by atomic mass is 31.1. The van der Waals surface area contributed by atoms with Crippen molar-refractivity contribution in [1.82, 2.24) is 0 Å². The summed E-state index contributed by atoms with van der Waals surface area (Å²) in [6.45, 7) is 10.1. The quantitative estimate of drug-likeness (QED) is 0.294. The van der Waals surface area contributed by atoms with Crippen molar-refractivity contribution in [3.63, 3.8) is 0 Å². The molecule has 0 amide bonds. The van der Waals surface area contributed by atoms with Crippen LogP contribution in [0.2, 0.25) is 0 Å². The van der Waals surface area contributed by atoms with Crippen molar-refractivity contribution in [2.45, 2.75) is 70.9 Å². The van der Waals surface area contributed by atoms with Gasteiger partial charge in [0.15, 0.2) is 13.6 Å². The van der Waals surface area contributed by atoms with E-state index in [0.29, 0.717) is 24.2 Å². The topological polar surface area (TPSA) is 78.9 Å². The molecule has 1 atom stereocenters. The van der Waals surface area contributed by atoms with Gasteiger partial charge in [-0.25, -0.2) is 0 Å². The number of ketones is 1. The molecule has 1 unspecified atom stereocenters. The third kappa shape index (κ3) is 4.86. The molecule has 1 fully saturated rings. The molecule has 0 bridgehead atoms. The van der Waals surface area contributed by atoms with Crippen molar-refractivity contribution in [3.8, 4) is 17.2 Å². The first kappa shape index (κ1) is 26.9. The molecule has 3 rings (SSSR count). The number of Topliss-reactive ketones (excluding diaryl/α,β-unsaturated/α-hetero) is 1. The van der Waals surface area contributed by atoms with Gasteiger partial charge in [-0.1, -0.05) is 45.7 Å².